The third kappa shape index (κ3) is 1.75. The average molecular weight is 206 g/mol. The lowest BCUT2D eigenvalue weighted by Gasteiger charge is -2.16. The number of carbonyl (C=O) groups is 1. The first-order valence-corrected chi connectivity index (χ1v) is 5.05. The van der Waals surface area contributed by atoms with Gasteiger partial charge in [-0.25, -0.2) is 4.79 Å². The number of hydrogen-bond acceptors (Lipinski definition) is 3. The molecule has 1 aliphatic rings. The van der Waals surface area contributed by atoms with Crippen LogP contribution in [0.1, 0.15) is 12.5 Å². The Morgan fingerprint density at radius 1 is 1.60 bits per heavy atom. The Bertz CT molecular complexity index is 390. The van der Waals surface area contributed by atoms with E-state index in [-0.39, 0.29) is 6.09 Å². The van der Waals surface area contributed by atoms with Crippen LogP contribution in [-0.4, -0.2) is 19.2 Å². The van der Waals surface area contributed by atoms with Gasteiger partial charge in [0.25, 0.3) is 0 Å². The van der Waals surface area contributed by atoms with Crippen molar-refractivity contribution in [1.29, 1.82) is 0 Å². The molecule has 1 amide bonds. The SMILES string of the molecule is CCOC(=O)N1CCc2cc(N)ccc21. The summed E-state index contributed by atoms with van der Waals surface area (Å²) in [6.07, 6.45) is 0.570. The summed E-state index contributed by atoms with van der Waals surface area (Å²) >= 11 is 0. The zero-order valence-electron chi connectivity index (χ0n) is 8.69. The van der Waals surface area contributed by atoms with Gasteiger partial charge in [0.15, 0.2) is 0 Å². The van der Waals surface area contributed by atoms with Gasteiger partial charge in [-0.15, -0.1) is 0 Å². The molecule has 0 saturated heterocycles. The van der Waals surface area contributed by atoms with Crippen molar-refractivity contribution in [3.05, 3.63) is 23.8 Å². The van der Waals surface area contributed by atoms with Crippen LogP contribution >= 0.6 is 0 Å². The van der Waals surface area contributed by atoms with Gasteiger partial charge in [0.2, 0.25) is 0 Å². The number of rotatable bonds is 1. The number of nitrogens with zero attached hydrogens (tertiary/aromatic N) is 1. The molecule has 1 aliphatic heterocycles. The highest BCUT2D eigenvalue weighted by atomic mass is 16.6. The van der Waals surface area contributed by atoms with Crippen molar-refractivity contribution >= 4 is 17.5 Å². The molecule has 0 radical (unpaired) electrons. The second-order valence-electron chi connectivity index (χ2n) is 3.49. The highest BCUT2D eigenvalue weighted by Crippen LogP contribution is 2.29. The third-order valence-corrected chi connectivity index (χ3v) is 2.49. The van der Waals surface area contributed by atoms with Gasteiger partial charge in [0, 0.05) is 12.2 Å². The van der Waals surface area contributed by atoms with Crippen LogP contribution in [0, 0.1) is 0 Å². The third-order valence-electron chi connectivity index (χ3n) is 2.49. The predicted molar refractivity (Wildman–Crippen MR) is 58.9 cm³/mol. The molecule has 0 atom stereocenters. The molecular formula is C11H14N2O2. The van der Waals surface area contributed by atoms with E-state index in [9.17, 15) is 4.79 Å². The van der Waals surface area contributed by atoms with E-state index in [0.717, 1.165) is 23.4 Å². The van der Waals surface area contributed by atoms with E-state index in [0.29, 0.717) is 13.2 Å². The van der Waals surface area contributed by atoms with E-state index >= 15 is 0 Å². The lowest BCUT2D eigenvalue weighted by atomic mass is 10.1. The van der Waals surface area contributed by atoms with E-state index in [2.05, 4.69) is 0 Å². The number of fused-ring (bicyclic) bond motifs is 1. The van der Waals surface area contributed by atoms with Crippen molar-refractivity contribution in [3.8, 4) is 0 Å². The molecule has 0 bridgehead atoms. The molecule has 15 heavy (non-hydrogen) atoms. The van der Waals surface area contributed by atoms with Gasteiger partial charge >= 0.3 is 6.09 Å². The van der Waals surface area contributed by atoms with Crippen molar-refractivity contribution in [2.24, 2.45) is 0 Å². The van der Waals surface area contributed by atoms with Crippen molar-refractivity contribution in [2.75, 3.05) is 23.8 Å². The molecule has 1 heterocycles. The fraction of sp³-hybridized carbons (Fsp3) is 0.364. The molecule has 80 valence electrons. The van der Waals surface area contributed by atoms with E-state index in [1.807, 2.05) is 12.1 Å². The van der Waals surface area contributed by atoms with Gasteiger partial charge in [0.05, 0.1) is 12.3 Å². The fourth-order valence-electron chi connectivity index (χ4n) is 1.81. The van der Waals surface area contributed by atoms with Crippen LogP contribution < -0.4 is 10.6 Å². The maximum atomic E-state index is 11.6. The minimum Gasteiger partial charge on any atom is -0.449 e. The summed E-state index contributed by atoms with van der Waals surface area (Å²) in [6, 6.07) is 5.58. The minimum absolute atomic E-state index is 0.277. The van der Waals surface area contributed by atoms with E-state index in [4.69, 9.17) is 10.5 Å². The summed E-state index contributed by atoms with van der Waals surface area (Å²) in [5, 5.41) is 0. The number of anilines is 2. The Balaban J connectivity index is 2.25. The quantitative estimate of drug-likeness (QED) is 0.713. The molecule has 0 spiro atoms. The Hall–Kier alpha value is -1.71. The summed E-state index contributed by atoms with van der Waals surface area (Å²) in [5.41, 5.74) is 8.45. The van der Waals surface area contributed by atoms with Crippen molar-refractivity contribution in [3.63, 3.8) is 0 Å². The van der Waals surface area contributed by atoms with Gasteiger partial charge in [-0.1, -0.05) is 0 Å². The summed E-state index contributed by atoms with van der Waals surface area (Å²) in [7, 11) is 0. The second kappa shape index (κ2) is 3.81. The monoisotopic (exact) mass is 206 g/mol. The highest BCUT2D eigenvalue weighted by Gasteiger charge is 2.25. The van der Waals surface area contributed by atoms with Crippen molar-refractivity contribution in [1.82, 2.24) is 0 Å². The van der Waals surface area contributed by atoms with Crippen LogP contribution in [0.15, 0.2) is 18.2 Å². The van der Waals surface area contributed by atoms with Crippen LogP contribution in [0.25, 0.3) is 0 Å². The van der Waals surface area contributed by atoms with Gasteiger partial charge < -0.3 is 10.5 Å². The zero-order chi connectivity index (χ0) is 10.8. The molecule has 0 unspecified atom stereocenters. The molecule has 4 heteroatoms. The Labute approximate surface area is 88.6 Å². The largest absolute Gasteiger partial charge is 0.449 e. The number of nitrogen functional groups attached to an aromatic ring is 1. The lowest BCUT2D eigenvalue weighted by molar-refractivity contribution is 0.160. The summed E-state index contributed by atoms with van der Waals surface area (Å²) in [5.74, 6) is 0. The van der Waals surface area contributed by atoms with Crippen molar-refractivity contribution < 1.29 is 9.53 Å². The highest BCUT2D eigenvalue weighted by molar-refractivity contribution is 5.90. The molecule has 0 aliphatic carbocycles. The Kier molecular flexibility index (Phi) is 2.49. The number of nitrogens with two attached hydrogens (primary N) is 1. The molecule has 0 fully saturated rings. The van der Waals surface area contributed by atoms with E-state index in [1.165, 1.54) is 0 Å². The first-order chi connectivity index (χ1) is 7.22. The van der Waals surface area contributed by atoms with E-state index in [1.54, 1.807) is 17.9 Å². The van der Waals surface area contributed by atoms with Crippen LogP contribution in [0.4, 0.5) is 16.2 Å². The Morgan fingerprint density at radius 2 is 2.40 bits per heavy atom. The molecule has 1 aromatic rings. The smallest absolute Gasteiger partial charge is 0.414 e. The van der Waals surface area contributed by atoms with Crippen molar-refractivity contribution in [2.45, 2.75) is 13.3 Å². The molecule has 1 aromatic carbocycles. The topological polar surface area (TPSA) is 55.6 Å². The summed E-state index contributed by atoms with van der Waals surface area (Å²) < 4.78 is 4.97. The maximum absolute atomic E-state index is 11.6. The number of benzene rings is 1. The molecule has 4 nitrogen and oxygen atoms in total. The van der Waals surface area contributed by atoms with Gasteiger partial charge in [-0.3, -0.25) is 4.90 Å². The molecular weight excluding hydrogens is 192 g/mol. The van der Waals surface area contributed by atoms with Gasteiger partial charge in [-0.05, 0) is 37.1 Å². The Morgan fingerprint density at radius 3 is 3.13 bits per heavy atom. The summed E-state index contributed by atoms with van der Waals surface area (Å²) in [4.78, 5) is 13.2. The van der Waals surface area contributed by atoms with Crippen LogP contribution in [0.2, 0.25) is 0 Å². The molecule has 0 saturated carbocycles. The van der Waals surface area contributed by atoms with E-state index < -0.39 is 0 Å². The van der Waals surface area contributed by atoms with Crippen LogP contribution in [0.3, 0.4) is 0 Å². The minimum atomic E-state index is -0.277. The first-order valence-electron chi connectivity index (χ1n) is 5.05. The number of ether oxygens (including phenoxy) is 1. The first kappa shape index (κ1) is 9.83. The molecule has 0 aromatic heterocycles. The fourth-order valence-corrected chi connectivity index (χ4v) is 1.81. The average Bonchev–Trinajstić information content (AvgIpc) is 2.60. The molecule has 2 N–H and O–H groups in total. The predicted octanol–water partition coefficient (Wildman–Crippen LogP) is 1.79. The number of amides is 1. The van der Waals surface area contributed by atoms with Crippen LogP contribution in [0.5, 0.6) is 0 Å². The normalized spacial score (nSPS) is 13.8. The van der Waals surface area contributed by atoms with Gasteiger partial charge in [0.1, 0.15) is 0 Å². The number of carbonyl (C=O) groups excluding carboxylic acids is 1. The van der Waals surface area contributed by atoms with Crippen LogP contribution in [-0.2, 0) is 11.2 Å². The standard InChI is InChI=1S/C11H14N2O2/c1-2-15-11(14)13-6-5-8-7-9(12)3-4-10(8)13/h3-4,7H,2,5-6,12H2,1H3. The summed E-state index contributed by atoms with van der Waals surface area (Å²) in [6.45, 7) is 2.88. The zero-order valence-corrected chi connectivity index (χ0v) is 8.69. The molecule has 2 rings (SSSR count). The van der Waals surface area contributed by atoms with Gasteiger partial charge in [-0.2, -0.15) is 0 Å². The lowest BCUT2D eigenvalue weighted by Crippen LogP contribution is -2.29. The maximum Gasteiger partial charge on any atom is 0.414 e. The number of hydrogen-bond donors (Lipinski definition) is 1. The second-order valence-corrected chi connectivity index (χ2v) is 3.49.